The van der Waals surface area contributed by atoms with Crippen LogP contribution < -0.4 is 5.32 Å². The van der Waals surface area contributed by atoms with Crippen molar-refractivity contribution in [2.45, 2.75) is 6.42 Å². The summed E-state index contributed by atoms with van der Waals surface area (Å²) in [5.41, 5.74) is 0.988. The molecular weight excluding hydrogens is 154 g/mol. The van der Waals surface area contributed by atoms with Crippen molar-refractivity contribution in [3.8, 4) is 0 Å². The molecule has 0 atom stereocenters. The van der Waals surface area contributed by atoms with Crippen LogP contribution in [-0.4, -0.2) is 18.3 Å². The van der Waals surface area contributed by atoms with Crippen LogP contribution in [0.4, 0.5) is 0 Å². The van der Waals surface area contributed by atoms with Crippen LogP contribution >= 0.6 is 0 Å². The zero-order valence-electron chi connectivity index (χ0n) is 6.71. The van der Waals surface area contributed by atoms with Gasteiger partial charge in [0.15, 0.2) is 0 Å². The van der Waals surface area contributed by atoms with Crippen LogP contribution in [0.2, 0.25) is 0 Å². The normalized spacial score (nSPS) is 21.8. The van der Waals surface area contributed by atoms with Crippen molar-refractivity contribution in [3.63, 3.8) is 0 Å². The van der Waals surface area contributed by atoms with Gasteiger partial charge in [-0.3, -0.25) is 0 Å². The lowest BCUT2D eigenvalue weighted by molar-refractivity contribution is 0.189. The second-order valence-electron chi connectivity index (χ2n) is 2.78. The van der Waals surface area contributed by atoms with Gasteiger partial charge in [-0.15, -0.1) is 0 Å². The first-order chi connectivity index (χ1) is 5.86. The van der Waals surface area contributed by atoms with Crippen LogP contribution in [0.3, 0.4) is 0 Å². The number of ether oxygens (including phenoxy) is 1. The summed E-state index contributed by atoms with van der Waals surface area (Å²) in [5, 5.41) is 12.4. The molecule has 0 spiro atoms. The molecule has 64 valence electrons. The van der Waals surface area contributed by atoms with Crippen LogP contribution in [0, 0.1) is 0 Å². The van der Waals surface area contributed by atoms with Crippen LogP contribution in [-0.2, 0) is 4.74 Å². The van der Waals surface area contributed by atoms with E-state index in [1.54, 1.807) is 12.2 Å². The maximum Gasteiger partial charge on any atom is 0.123 e. The van der Waals surface area contributed by atoms with E-state index in [4.69, 9.17) is 4.74 Å². The third-order valence-corrected chi connectivity index (χ3v) is 1.91. The lowest BCUT2D eigenvalue weighted by atomic mass is 10.2. The van der Waals surface area contributed by atoms with E-state index in [0.29, 0.717) is 18.8 Å². The summed E-state index contributed by atoms with van der Waals surface area (Å²) < 4.78 is 5.42. The molecule has 1 aliphatic heterocycles. The first-order valence-corrected chi connectivity index (χ1v) is 4.03. The van der Waals surface area contributed by atoms with Gasteiger partial charge in [0.25, 0.3) is 0 Å². The average Bonchev–Trinajstić information content (AvgIpc) is 2.29. The van der Waals surface area contributed by atoms with Gasteiger partial charge >= 0.3 is 0 Å². The highest BCUT2D eigenvalue weighted by Gasteiger charge is 2.12. The molecule has 0 unspecified atom stereocenters. The fourth-order valence-electron chi connectivity index (χ4n) is 1.29. The fourth-order valence-corrected chi connectivity index (χ4v) is 1.29. The van der Waals surface area contributed by atoms with Crippen molar-refractivity contribution in [2.24, 2.45) is 0 Å². The molecule has 0 bridgehead atoms. The third-order valence-electron chi connectivity index (χ3n) is 1.91. The number of aliphatic hydroxyl groups excluding tert-OH is 1. The molecule has 12 heavy (non-hydrogen) atoms. The Hall–Kier alpha value is -1.38. The standard InChI is InChI=1S/C9H11NO2/c11-7-1-3-8-9(4-2-7)12-6-5-10-8/h1-3,10-11H,4-6H2. The van der Waals surface area contributed by atoms with Crippen molar-refractivity contribution >= 4 is 0 Å². The molecule has 1 heterocycles. The van der Waals surface area contributed by atoms with E-state index in [0.717, 1.165) is 18.0 Å². The number of allylic oxidation sites excluding steroid dienone is 3. The van der Waals surface area contributed by atoms with Gasteiger partial charge in [-0.25, -0.2) is 0 Å². The molecule has 2 N–H and O–H groups in total. The molecule has 0 saturated carbocycles. The van der Waals surface area contributed by atoms with Crippen molar-refractivity contribution in [1.29, 1.82) is 0 Å². The first-order valence-electron chi connectivity index (χ1n) is 4.03. The van der Waals surface area contributed by atoms with Gasteiger partial charge in [-0.05, 0) is 18.2 Å². The van der Waals surface area contributed by atoms with Crippen LogP contribution in [0.1, 0.15) is 6.42 Å². The largest absolute Gasteiger partial charge is 0.508 e. The molecule has 0 amide bonds. The molecule has 0 saturated heterocycles. The Labute approximate surface area is 71.0 Å². The second-order valence-corrected chi connectivity index (χ2v) is 2.78. The lowest BCUT2D eigenvalue weighted by Crippen LogP contribution is -2.25. The molecule has 0 aromatic heterocycles. The highest BCUT2D eigenvalue weighted by Crippen LogP contribution is 2.18. The van der Waals surface area contributed by atoms with Crippen molar-refractivity contribution in [3.05, 3.63) is 35.4 Å². The molecule has 2 aliphatic rings. The molecule has 0 radical (unpaired) electrons. The Balaban J connectivity index is 2.26. The Morgan fingerprint density at radius 3 is 3.25 bits per heavy atom. The quantitative estimate of drug-likeness (QED) is 0.567. The zero-order chi connectivity index (χ0) is 8.39. The average molecular weight is 165 g/mol. The Morgan fingerprint density at radius 2 is 2.33 bits per heavy atom. The van der Waals surface area contributed by atoms with E-state index in [2.05, 4.69) is 5.32 Å². The molecule has 3 heteroatoms. The number of hydrogen-bond acceptors (Lipinski definition) is 3. The summed E-state index contributed by atoms with van der Waals surface area (Å²) >= 11 is 0. The summed E-state index contributed by atoms with van der Waals surface area (Å²) in [7, 11) is 0. The predicted molar refractivity (Wildman–Crippen MR) is 45.4 cm³/mol. The van der Waals surface area contributed by atoms with E-state index in [-0.39, 0.29) is 0 Å². The minimum Gasteiger partial charge on any atom is -0.508 e. The summed E-state index contributed by atoms with van der Waals surface area (Å²) in [4.78, 5) is 0. The Morgan fingerprint density at radius 1 is 1.42 bits per heavy atom. The molecular formula is C9H11NO2. The maximum atomic E-state index is 9.20. The molecule has 1 aliphatic carbocycles. The number of nitrogens with one attached hydrogen (secondary N) is 1. The van der Waals surface area contributed by atoms with E-state index in [9.17, 15) is 5.11 Å². The van der Waals surface area contributed by atoms with Gasteiger partial charge in [0.05, 0.1) is 5.70 Å². The summed E-state index contributed by atoms with van der Waals surface area (Å²) in [6.45, 7) is 1.55. The van der Waals surface area contributed by atoms with Crippen LogP contribution in [0.5, 0.6) is 0 Å². The minimum absolute atomic E-state index is 0.301. The summed E-state index contributed by atoms with van der Waals surface area (Å²) in [5.74, 6) is 1.22. The Bertz CT molecular complexity index is 276. The molecule has 2 rings (SSSR count). The summed E-state index contributed by atoms with van der Waals surface area (Å²) in [6.07, 6.45) is 5.92. The Kier molecular flexibility index (Phi) is 1.78. The van der Waals surface area contributed by atoms with Gasteiger partial charge < -0.3 is 15.2 Å². The zero-order valence-corrected chi connectivity index (χ0v) is 6.71. The van der Waals surface area contributed by atoms with E-state index >= 15 is 0 Å². The first kappa shape index (κ1) is 7.28. The predicted octanol–water partition coefficient (Wildman–Crippen LogP) is 1.22. The molecule has 0 aromatic carbocycles. The molecule has 3 nitrogen and oxygen atoms in total. The molecule has 0 aromatic rings. The summed E-state index contributed by atoms with van der Waals surface area (Å²) in [6, 6.07) is 0. The number of hydrogen-bond donors (Lipinski definition) is 2. The van der Waals surface area contributed by atoms with E-state index < -0.39 is 0 Å². The van der Waals surface area contributed by atoms with Crippen LogP contribution in [0.25, 0.3) is 0 Å². The SMILES string of the molecule is OC1=CCC2=C(C=C1)NCCO2. The van der Waals surface area contributed by atoms with Gasteiger partial charge in [0.1, 0.15) is 18.1 Å². The molecule has 0 fully saturated rings. The van der Waals surface area contributed by atoms with Crippen molar-refractivity contribution in [1.82, 2.24) is 5.32 Å². The van der Waals surface area contributed by atoms with Gasteiger partial charge in [0.2, 0.25) is 0 Å². The van der Waals surface area contributed by atoms with Gasteiger partial charge in [-0.2, -0.15) is 0 Å². The van der Waals surface area contributed by atoms with Gasteiger partial charge in [0, 0.05) is 13.0 Å². The third kappa shape index (κ3) is 1.30. The second kappa shape index (κ2) is 2.93. The minimum atomic E-state index is 0.301. The highest BCUT2D eigenvalue weighted by molar-refractivity contribution is 5.31. The number of aliphatic hydroxyl groups is 1. The smallest absolute Gasteiger partial charge is 0.123 e. The van der Waals surface area contributed by atoms with Crippen molar-refractivity contribution < 1.29 is 9.84 Å². The lowest BCUT2D eigenvalue weighted by Gasteiger charge is -2.19. The van der Waals surface area contributed by atoms with E-state index in [1.807, 2.05) is 6.08 Å². The van der Waals surface area contributed by atoms with Gasteiger partial charge in [-0.1, -0.05) is 0 Å². The highest BCUT2D eigenvalue weighted by atomic mass is 16.5. The monoisotopic (exact) mass is 165 g/mol. The number of rotatable bonds is 0. The fraction of sp³-hybridized carbons (Fsp3) is 0.333. The van der Waals surface area contributed by atoms with Crippen molar-refractivity contribution in [2.75, 3.05) is 13.2 Å². The van der Waals surface area contributed by atoms with Crippen LogP contribution in [0.15, 0.2) is 35.4 Å². The maximum absolute atomic E-state index is 9.20. The topological polar surface area (TPSA) is 41.5 Å². The van der Waals surface area contributed by atoms with E-state index in [1.165, 1.54) is 0 Å².